The number of esters is 1. The Morgan fingerprint density at radius 2 is 1.74 bits per heavy atom. The highest BCUT2D eigenvalue weighted by atomic mass is 16.5. The molecule has 31 heavy (non-hydrogen) atoms. The second-order valence-corrected chi connectivity index (χ2v) is 9.19. The van der Waals surface area contributed by atoms with Gasteiger partial charge in [-0.15, -0.1) is 0 Å². The van der Waals surface area contributed by atoms with Crippen LogP contribution in [0.3, 0.4) is 0 Å². The molecule has 1 heterocycles. The van der Waals surface area contributed by atoms with Crippen LogP contribution in [0.15, 0.2) is 48.5 Å². The van der Waals surface area contributed by atoms with Crippen LogP contribution in [0.5, 0.6) is 0 Å². The molecule has 0 saturated carbocycles. The number of aryl methyl sites for hydroxylation is 2. The van der Waals surface area contributed by atoms with Gasteiger partial charge in [-0.2, -0.15) is 0 Å². The van der Waals surface area contributed by atoms with Gasteiger partial charge in [-0.1, -0.05) is 48.5 Å². The third kappa shape index (κ3) is 6.17. The minimum absolute atomic E-state index is 0.00814. The van der Waals surface area contributed by atoms with Crippen molar-refractivity contribution in [1.82, 2.24) is 0 Å². The first kappa shape index (κ1) is 23.0. The minimum atomic E-state index is -0.173. The maximum absolute atomic E-state index is 13.2. The summed E-state index contributed by atoms with van der Waals surface area (Å²) in [4.78, 5) is 25.9. The van der Waals surface area contributed by atoms with Gasteiger partial charge in [0, 0.05) is 11.3 Å². The molecule has 1 aliphatic rings. The average Bonchev–Trinajstić information content (AvgIpc) is 2.71. The SMILES string of the molecule is Cc1cccc(C)c1NC(=O)C[N+]1(Cc2ccccc2)CCCC(C(=O)OC(C)C)C1. The Hall–Kier alpha value is -2.66. The molecule has 0 radical (unpaired) electrons. The van der Waals surface area contributed by atoms with Crippen LogP contribution in [0.2, 0.25) is 0 Å². The van der Waals surface area contributed by atoms with Gasteiger partial charge in [0.05, 0.1) is 19.2 Å². The Labute approximate surface area is 186 Å². The van der Waals surface area contributed by atoms with Crippen molar-refractivity contribution < 1.29 is 18.8 Å². The number of amides is 1. The van der Waals surface area contributed by atoms with Gasteiger partial charge >= 0.3 is 5.97 Å². The molecule has 2 aromatic rings. The van der Waals surface area contributed by atoms with Crippen molar-refractivity contribution in [1.29, 1.82) is 0 Å². The van der Waals surface area contributed by atoms with Gasteiger partial charge < -0.3 is 14.5 Å². The van der Waals surface area contributed by atoms with Crippen LogP contribution in [0.4, 0.5) is 5.69 Å². The molecule has 0 bridgehead atoms. The molecule has 2 aromatic carbocycles. The van der Waals surface area contributed by atoms with Gasteiger partial charge in [-0.05, 0) is 51.7 Å². The summed E-state index contributed by atoms with van der Waals surface area (Å²) in [5.74, 6) is -0.320. The Morgan fingerprint density at radius 1 is 1.06 bits per heavy atom. The number of ether oxygens (including phenoxy) is 1. The fraction of sp³-hybridized carbons (Fsp3) is 0.462. The molecule has 1 N–H and O–H groups in total. The fourth-order valence-corrected chi connectivity index (χ4v) is 4.65. The van der Waals surface area contributed by atoms with Gasteiger partial charge in [0.15, 0.2) is 6.54 Å². The molecule has 1 amide bonds. The van der Waals surface area contributed by atoms with Crippen molar-refractivity contribution >= 4 is 17.6 Å². The molecule has 0 spiro atoms. The number of para-hydroxylation sites is 1. The Morgan fingerprint density at radius 3 is 2.39 bits per heavy atom. The van der Waals surface area contributed by atoms with Gasteiger partial charge in [-0.3, -0.25) is 9.59 Å². The van der Waals surface area contributed by atoms with E-state index in [0.717, 1.165) is 42.7 Å². The fourth-order valence-electron chi connectivity index (χ4n) is 4.65. The lowest BCUT2D eigenvalue weighted by molar-refractivity contribution is -0.940. The van der Waals surface area contributed by atoms with Gasteiger partial charge in [0.25, 0.3) is 5.91 Å². The van der Waals surface area contributed by atoms with E-state index in [2.05, 4.69) is 17.4 Å². The summed E-state index contributed by atoms with van der Waals surface area (Å²) in [6.07, 6.45) is 1.60. The Balaban J connectivity index is 1.82. The molecule has 2 unspecified atom stereocenters. The summed E-state index contributed by atoms with van der Waals surface area (Å²) in [7, 11) is 0. The maximum atomic E-state index is 13.2. The van der Waals surface area contributed by atoms with Crippen LogP contribution < -0.4 is 5.32 Å². The standard InChI is InChI=1S/C26H34N2O3/c1-19(2)31-26(30)23-14-9-15-28(17-23,16-22-12-6-5-7-13-22)18-24(29)27-25-20(3)10-8-11-21(25)4/h5-8,10-13,19,23H,9,14-18H2,1-4H3/p+1. The molecule has 2 atom stereocenters. The Bertz CT molecular complexity index is 890. The number of nitrogens with one attached hydrogen (secondary N) is 1. The van der Waals surface area contributed by atoms with Crippen LogP contribution in [-0.4, -0.2) is 42.1 Å². The highest BCUT2D eigenvalue weighted by Gasteiger charge is 2.40. The summed E-state index contributed by atoms with van der Waals surface area (Å²) >= 11 is 0. The Kier molecular flexibility index (Phi) is 7.50. The normalized spacial score (nSPS) is 21.0. The number of anilines is 1. The van der Waals surface area contributed by atoms with E-state index in [4.69, 9.17) is 4.74 Å². The molecule has 5 nitrogen and oxygen atoms in total. The van der Waals surface area contributed by atoms with Crippen LogP contribution in [0.1, 0.15) is 43.4 Å². The van der Waals surface area contributed by atoms with E-state index in [1.165, 1.54) is 5.56 Å². The quantitative estimate of drug-likeness (QED) is 0.522. The number of carbonyl (C=O) groups excluding carboxylic acids is 2. The second kappa shape index (κ2) is 10.1. The number of nitrogens with zero attached hydrogens (tertiary/aromatic N) is 1. The van der Waals surface area contributed by atoms with Gasteiger partial charge in [0.1, 0.15) is 12.5 Å². The third-order valence-electron chi connectivity index (χ3n) is 6.06. The lowest BCUT2D eigenvalue weighted by atomic mass is 9.94. The van der Waals surface area contributed by atoms with E-state index >= 15 is 0 Å². The van der Waals surface area contributed by atoms with Crippen LogP contribution in [-0.2, 0) is 20.9 Å². The van der Waals surface area contributed by atoms with Crippen LogP contribution in [0, 0.1) is 19.8 Å². The zero-order valence-electron chi connectivity index (χ0n) is 19.2. The van der Waals surface area contributed by atoms with Crippen molar-refractivity contribution in [3.05, 3.63) is 65.2 Å². The van der Waals surface area contributed by atoms with Crippen molar-refractivity contribution in [2.75, 3.05) is 25.0 Å². The highest BCUT2D eigenvalue weighted by Crippen LogP contribution is 2.28. The predicted octanol–water partition coefficient (Wildman–Crippen LogP) is 4.62. The smallest absolute Gasteiger partial charge is 0.314 e. The second-order valence-electron chi connectivity index (χ2n) is 9.19. The number of quaternary nitrogens is 1. The summed E-state index contributed by atoms with van der Waals surface area (Å²) in [6, 6.07) is 16.3. The average molecular weight is 424 g/mol. The largest absolute Gasteiger partial charge is 0.463 e. The summed E-state index contributed by atoms with van der Waals surface area (Å²) < 4.78 is 6.08. The molecule has 1 saturated heterocycles. The zero-order valence-corrected chi connectivity index (χ0v) is 19.2. The van der Waals surface area contributed by atoms with E-state index in [1.54, 1.807) is 0 Å². The number of benzene rings is 2. The molecule has 0 aliphatic carbocycles. The first-order chi connectivity index (χ1) is 14.8. The summed E-state index contributed by atoms with van der Waals surface area (Å²) in [5, 5.41) is 3.14. The molecule has 1 aliphatic heterocycles. The highest BCUT2D eigenvalue weighted by molar-refractivity contribution is 5.93. The van der Waals surface area contributed by atoms with E-state index in [1.807, 2.05) is 64.1 Å². The van der Waals surface area contributed by atoms with E-state index < -0.39 is 0 Å². The topological polar surface area (TPSA) is 55.4 Å². The van der Waals surface area contributed by atoms with Crippen molar-refractivity contribution in [3.63, 3.8) is 0 Å². The van der Waals surface area contributed by atoms with Crippen LogP contribution in [0.25, 0.3) is 0 Å². The lowest BCUT2D eigenvalue weighted by Crippen LogP contribution is -2.58. The molecule has 0 aromatic heterocycles. The predicted molar refractivity (Wildman–Crippen MR) is 124 cm³/mol. The first-order valence-electron chi connectivity index (χ1n) is 11.2. The summed E-state index contributed by atoms with van der Waals surface area (Å²) in [6.45, 7) is 10.4. The number of piperidine rings is 1. The third-order valence-corrected chi connectivity index (χ3v) is 6.06. The summed E-state index contributed by atoms with van der Waals surface area (Å²) in [5.41, 5.74) is 4.18. The molecular formula is C26H35N2O3+. The first-order valence-corrected chi connectivity index (χ1v) is 11.2. The van der Waals surface area contributed by atoms with E-state index in [9.17, 15) is 9.59 Å². The minimum Gasteiger partial charge on any atom is -0.463 e. The van der Waals surface area contributed by atoms with E-state index in [0.29, 0.717) is 17.6 Å². The number of likely N-dealkylation sites (tertiary alicyclic amines) is 1. The van der Waals surface area contributed by atoms with E-state index in [-0.39, 0.29) is 23.9 Å². The number of hydrogen-bond donors (Lipinski definition) is 1. The maximum Gasteiger partial charge on any atom is 0.314 e. The molecule has 1 fully saturated rings. The lowest BCUT2D eigenvalue weighted by Gasteiger charge is -2.43. The molecule has 166 valence electrons. The number of hydrogen-bond acceptors (Lipinski definition) is 3. The number of rotatable bonds is 7. The van der Waals surface area contributed by atoms with Crippen molar-refractivity contribution in [2.24, 2.45) is 5.92 Å². The van der Waals surface area contributed by atoms with Crippen molar-refractivity contribution in [3.8, 4) is 0 Å². The van der Waals surface area contributed by atoms with Gasteiger partial charge in [-0.25, -0.2) is 0 Å². The monoisotopic (exact) mass is 423 g/mol. The van der Waals surface area contributed by atoms with Crippen molar-refractivity contribution in [2.45, 2.75) is 53.2 Å². The molecule has 3 rings (SSSR count). The van der Waals surface area contributed by atoms with Gasteiger partial charge in [0.2, 0.25) is 0 Å². The molecular weight excluding hydrogens is 388 g/mol. The molecule has 5 heteroatoms. The van der Waals surface area contributed by atoms with Crippen LogP contribution >= 0.6 is 0 Å². The zero-order chi connectivity index (χ0) is 22.4. The number of carbonyl (C=O) groups is 2.